The van der Waals surface area contributed by atoms with Crippen molar-refractivity contribution in [2.24, 2.45) is 0 Å². The summed E-state index contributed by atoms with van der Waals surface area (Å²) in [6.45, 7) is 7.29. The molecule has 0 saturated carbocycles. The summed E-state index contributed by atoms with van der Waals surface area (Å²) < 4.78 is 1.10. The van der Waals surface area contributed by atoms with E-state index in [1.54, 1.807) is 0 Å². The molecule has 0 aromatic carbocycles. The fourth-order valence-corrected chi connectivity index (χ4v) is 3.67. The van der Waals surface area contributed by atoms with Crippen LogP contribution in [0, 0.1) is 0 Å². The van der Waals surface area contributed by atoms with Gasteiger partial charge in [-0.2, -0.15) is 0 Å². The van der Waals surface area contributed by atoms with Gasteiger partial charge in [-0.1, -0.05) is 77.6 Å². The number of halogens is 1. The maximum atomic E-state index is 2.59. The van der Waals surface area contributed by atoms with E-state index in [0.717, 1.165) is 10.5 Å². The first kappa shape index (κ1) is 29.6. The molecule has 0 aromatic rings. The molecule has 1 unspecified atom stereocenters. The van der Waals surface area contributed by atoms with Crippen molar-refractivity contribution in [3.8, 4) is 0 Å². The number of nitrogens with zero attached hydrogens (tertiary/aromatic N) is 2. The highest BCUT2D eigenvalue weighted by molar-refractivity contribution is 4.63. The highest BCUT2D eigenvalue weighted by atomic mass is 79.9. The van der Waals surface area contributed by atoms with Crippen LogP contribution < -0.4 is 17.0 Å². The van der Waals surface area contributed by atoms with E-state index in [-0.39, 0.29) is 17.0 Å². The van der Waals surface area contributed by atoms with E-state index in [4.69, 9.17) is 0 Å². The van der Waals surface area contributed by atoms with Crippen LogP contribution in [0.3, 0.4) is 0 Å². The van der Waals surface area contributed by atoms with Crippen LogP contribution >= 0.6 is 0 Å². The summed E-state index contributed by atoms with van der Waals surface area (Å²) in [5, 5.41) is 0. The molecule has 0 fully saturated rings. The van der Waals surface area contributed by atoms with E-state index < -0.39 is 0 Å². The Bertz CT molecular complexity index is 289. The van der Waals surface area contributed by atoms with E-state index in [0.29, 0.717) is 0 Å². The van der Waals surface area contributed by atoms with Gasteiger partial charge in [0.15, 0.2) is 0 Å². The topological polar surface area (TPSA) is 3.24 Å². The Balaban J connectivity index is 0. The molecule has 1 atom stereocenters. The zero-order chi connectivity index (χ0) is 19.7. The van der Waals surface area contributed by atoms with Gasteiger partial charge < -0.3 is 26.4 Å². The van der Waals surface area contributed by atoms with Crippen LogP contribution in [0.1, 0.15) is 110 Å². The molecule has 2 nitrogen and oxygen atoms in total. The highest BCUT2D eigenvalue weighted by Gasteiger charge is 2.10. The molecular formula is C24H53BrN2. The smallest absolute Gasteiger partial charge is 0.0780 e. The van der Waals surface area contributed by atoms with Crippen LogP contribution in [0.15, 0.2) is 0 Å². The fourth-order valence-electron chi connectivity index (χ4n) is 3.67. The molecule has 0 spiro atoms. The number of unbranched alkanes of at least 4 members (excludes halogenated alkanes) is 12. The second-order valence-corrected chi connectivity index (χ2v) is 9.73. The lowest BCUT2D eigenvalue weighted by molar-refractivity contribution is -0.870. The zero-order valence-electron chi connectivity index (χ0n) is 19.9. The lowest BCUT2D eigenvalue weighted by Gasteiger charge is -2.26. The number of quaternary nitrogens is 1. The van der Waals surface area contributed by atoms with Crippen molar-refractivity contribution in [1.82, 2.24) is 4.90 Å². The Labute approximate surface area is 183 Å². The zero-order valence-corrected chi connectivity index (χ0v) is 21.5. The van der Waals surface area contributed by atoms with Crippen molar-refractivity contribution in [3.05, 3.63) is 0 Å². The van der Waals surface area contributed by atoms with Crippen molar-refractivity contribution < 1.29 is 21.5 Å². The molecule has 166 valence electrons. The van der Waals surface area contributed by atoms with E-state index in [2.05, 4.69) is 46.9 Å². The Morgan fingerprint density at radius 3 is 1.56 bits per heavy atom. The minimum Gasteiger partial charge on any atom is -1.00 e. The van der Waals surface area contributed by atoms with Gasteiger partial charge in [0.1, 0.15) is 0 Å². The first-order valence-electron chi connectivity index (χ1n) is 11.9. The summed E-state index contributed by atoms with van der Waals surface area (Å²) in [5.41, 5.74) is 0. The van der Waals surface area contributed by atoms with Crippen LogP contribution in [-0.4, -0.2) is 56.7 Å². The van der Waals surface area contributed by atoms with E-state index in [1.165, 1.54) is 109 Å². The van der Waals surface area contributed by atoms with Crippen molar-refractivity contribution >= 4 is 0 Å². The standard InChI is InChI=1S/C24H53N2.BrH/c1-7-8-9-10-11-12-13-14-15-16-17-19-22-25(3)24(2)21-18-20-23-26(4,5)6;/h24H,7-23H2,1-6H3;1H/q+1;/p-1. The molecule has 0 aliphatic heterocycles. The monoisotopic (exact) mass is 448 g/mol. The lowest BCUT2D eigenvalue weighted by atomic mass is 10.0. The number of hydrogen-bond acceptors (Lipinski definition) is 1. The molecule has 0 amide bonds. The lowest BCUT2D eigenvalue weighted by Crippen LogP contribution is -3.00. The van der Waals surface area contributed by atoms with Gasteiger partial charge in [-0.15, -0.1) is 0 Å². The van der Waals surface area contributed by atoms with Gasteiger partial charge in [0, 0.05) is 6.04 Å². The normalized spacial score (nSPS) is 13.0. The van der Waals surface area contributed by atoms with Crippen molar-refractivity contribution in [2.75, 3.05) is 41.3 Å². The first-order valence-corrected chi connectivity index (χ1v) is 11.9. The molecule has 0 rings (SSSR count). The molecule has 0 N–H and O–H groups in total. The Kier molecular flexibility index (Phi) is 21.6. The summed E-state index contributed by atoms with van der Waals surface area (Å²) in [6, 6.07) is 0.746. The van der Waals surface area contributed by atoms with Gasteiger partial charge in [-0.25, -0.2) is 0 Å². The molecule has 0 aliphatic carbocycles. The minimum atomic E-state index is 0. The minimum absolute atomic E-state index is 0. The molecule has 3 heteroatoms. The van der Waals surface area contributed by atoms with Crippen LogP contribution in [0.2, 0.25) is 0 Å². The summed E-state index contributed by atoms with van der Waals surface area (Å²) in [5.74, 6) is 0. The third kappa shape index (κ3) is 22.6. The van der Waals surface area contributed by atoms with Crippen LogP contribution in [-0.2, 0) is 0 Å². The number of rotatable bonds is 19. The van der Waals surface area contributed by atoms with Gasteiger partial charge in [-0.3, -0.25) is 0 Å². The number of hydrogen-bond donors (Lipinski definition) is 0. The summed E-state index contributed by atoms with van der Waals surface area (Å²) >= 11 is 0. The van der Waals surface area contributed by atoms with Crippen LogP contribution in [0.4, 0.5) is 0 Å². The molecule has 0 heterocycles. The van der Waals surface area contributed by atoms with E-state index in [1.807, 2.05) is 0 Å². The molecule has 0 bridgehead atoms. The molecule has 0 aliphatic rings. The summed E-state index contributed by atoms with van der Waals surface area (Å²) in [7, 11) is 9.21. The third-order valence-electron chi connectivity index (χ3n) is 5.82. The Morgan fingerprint density at radius 1 is 0.667 bits per heavy atom. The van der Waals surface area contributed by atoms with Crippen LogP contribution in [0.5, 0.6) is 0 Å². The molecule has 27 heavy (non-hydrogen) atoms. The summed E-state index contributed by atoms with van der Waals surface area (Å²) in [4.78, 5) is 2.59. The molecule has 0 radical (unpaired) electrons. The quantitative estimate of drug-likeness (QED) is 0.214. The molecular weight excluding hydrogens is 396 g/mol. The maximum Gasteiger partial charge on any atom is 0.0780 e. The predicted molar refractivity (Wildman–Crippen MR) is 120 cm³/mol. The fraction of sp³-hybridized carbons (Fsp3) is 1.00. The van der Waals surface area contributed by atoms with Crippen molar-refractivity contribution in [1.29, 1.82) is 0 Å². The van der Waals surface area contributed by atoms with Gasteiger partial charge >= 0.3 is 0 Å². The van der Waals surface area contributed by atoms with Gasteiger partial charge in [0.25, 0.3) is 0 Å². The highest BCUT2D eigenvalue weighted by Crippen LogP contribution is 2.13. The maximum absolute atomic E-state index is 2.59. The largest absolute Gasteiger partial charge is 1.00 e. The molecule has 0 aromatic heterocycles. The second-order valence-electron chi connectivity index (χ2n) is 9.73. The third-order valence-corrected chi connectivity index (χ3v) is 5.82. The average Bonchev–Trinajstić information content (AvgIpc) is 2.58. The van der Waals surface area contributed by atoms with E-state index >= 15 is 0 Å². The van der Waals surface area contributed by atoms with E-state index in [9.17, 15) is 0 Å². The predicted octanol–water partition coefficient (Wildman–Crippen LogP) is 3.89. The van der Waals surface area contributed by atoms with Gasteiger partial charge in [-0.05, 0) is 46.2 Å². The average molecular weight is 450 g/mol. The SMILES string of the molecule is CCCCCCCCCCCCCCN(C)C(C)CCCC[N+](C)(C)C.[Br-]. The van der Waals surface area contributed by atoms with Crippen molar-refractivity contribution in [3.63, 3.8) is 0 Å². The van der Waals surface area contributed by atoms with Crippen LogP contribution in [0.25, 0.3) is 0 Å². The Morgan fingerprint density at radius 2 is 1.11 bits per heavy atom. The van der Waals surface area contributed by atoms with Crippen molar-refractivity contribution in [2.45, 2.75) is 116 Å². The molecule has 0 saturated heterocycles. The second kappa shape index (κ2) is 19.7. The summed E-state index contributed by atoms with van der Waals surface area (Å²) in [6.07, 6.45) is 21.4. The Hall–Kier alpha value is 0.400. The first-order chi connectivity index (χ1) is 12.4. The van der Waals surface area contributed by atoms with Gasteiger partial charge in [0.2, 0.25) is 0 Å². The van der Waals surface area contributed by atoms with Gasteiger partial charge in [0.05, 0.1) is 27.7 Å².